The van der Waals surface area contributed by atoms with E-state index in [-0.39, 0.29) is 11.6 Å². The summed E-state index contributed by atoms with van der Waals surface area (Å²) in [5.41, 5.74) is 4.65. The van der Waals surface area contributed by atoms with Gasteiger partial charge in [0, 0.05) is 40.7 Å². The van der Waals surface area contributed by atoms with Gasteiger partial charge in [-0.25, -0.2) is 0 Å². The van der Waals surface area contributed by atoms with Crippen molar-refractivity contribution >= 4 is 68.4 Å². The SMILES string of the molecule is CCC(Sc1cccc(NC(=O)/C(=C\c2cccc3ccccc23)NC(=O)c2ccccc2)c1)C(=O)Nc1sc2c(c1C#N)CCN(Cc1ccccc1)C2. The second-order valence-corrected chi connectivity index (χ2v) is 15.6. The van der Waals surface area contributed by atoms with Crippen LogP contribution in [0.5, 0.6) is 0 Å². The first kappa shape index (κ1) is 37.3. The first-order valence-electron chi connectivity index (χ1n) is 18.1. The second kappa shape index (κ2) is 17.4. The molecule has 274 valence electrons. The largest absolute Gasteiger partial charge is 0.321 e. The molecule has 5 aromatic carbocycles. The number of carbonyl (C=O) groups excluding carboxylic acids is 3. The Kier molecular flexibility index (Phi) is 11.8. The number of amides is 3. The summed E-state index contributed by atoms with van der Waals surface area (Å²) in [5, 5.41) is 21.1. The van der Waals surface area contributed by atoms with Crippen LogP contribution < -0.4 is 16.0 Å². The quantitative estimate of drug-likeness (QED) is 0.0847. The third-order valence-electron chi connectivity index (χ3n) is 9.42. The number of nitrogens with one attached hydrogen (secondary N) is 3. The summed E-state index contributed by atoms with van der Waals surface area (Å²) in [6, 6.07) is 42.5. The summed E-state index contributed by atoms with van der Waals surface area (Å²) in [4.78, 5) is 45.1. The number of nitriles is 1. The fourth-order valence-electron chi connectivity index (χ4n) is 6.64. The van der Waals surface area contributed by atoms with Crippen LogP contribution in [0, 0.1) is 11.3 Å². The van der Waals surface area contributed by atoms with Crippen molar-refractivity contribution < 1.29 is 14.4 Å². The van der Waals surface area contributed by atoms with Crippen LogP contribution in [-0.4, -0.2) is 34.4 Å². The molecule has 55 heavy (non-hydrogen) atoms. The van der Waals surface area contributed by atoms with Crippen LogP contribution in [0.1, 0.15) is 50.8 Å². The van der Waals surface area contributed by atoms with Crippen molar-refractivity contribution in [2.75, 3.05) is 17.2 Å². The molecule has 6 aromatic rings. The Morgan fingerprint density at radius 2 is 1.62 bits per heavy atom. The summed E-state index contributed by atoms with van der Waals surface area (Å²) >= 11 is 2.88. The van der Waals surface area contributed by atoms with Crippen LogP contribution in [0.2, 0.25) is 0 Å². The Morgan fingerprint density at radius 3 is 2.40 bits per heavy atom. The highest BCUT2D eigenvalue weighted by Gasteiger charge is 2.27. The highest BCUT2D eigenvalue weighted by molar-refractivity contribution is 8.00. The Balaban J connectivity index is 1.05. The van der Waals surface area contributed by atoms with Gasteiger partial charge >= 0.3 is 0 Å². The number of thioether (sulfide) groups is 1. The molecule has 0 fully saturated rings. The lowest BCUT2D eigenvalue weighted by atomic mass is 10.0. The number of fused-ring (bicyclic) bond motifs is 2. The maximum atomic E-state index is 13.9. The van der Waals surface area contributed by atoms with Gasteiger partial charge < -0.3 is 16.0 Å². The van der Waals surface area contributed by atoms with Crippen LogP contribution in [-0.2, 0) is 29.1 Å². The lowest BCUT2D eigenvalue weighted by Gasteiger charge is -2.26. The molecule has 8 nitrogen and oxygen atoms in total. The van der Waals surface area contributed by atoms with E-state index >= 15 is 0 Å². The maximum absolute atomic E-state index is 13.9. The molecule has 0 spiro atoms. The van der Waals surface area contributed by atoms with E-state index in [2.05, 4.69) is 39.1 Å². The van der Waals surface area contributed by atoms with Crippen LogP contribution in [0.25, 0.3) is 16.8 Å². The lowest BCUT2D eigenvalue weighted by Crippen LogP contribution is -2.30. The van der Waals surface area contributed by atoms with Crippen molar-refractivity contribution in [1.29, 1.82) is 5.26 Å². The summed E-state index contributed by atoms with van der Waals surface area (Å²) in [6.07, 6.45) is 3.00. The normalized spacial score (nSPS) is 13.3. The number of thiophene rings is 1. The highest BCUT2D eigenvalue weighted by Crippen LogP contribution is 2.38. The van der Waals surface area contributed by atoms with Gasteiger partial charge in [-0.2, -0.15) is 5.26 Å². The Hall–Kier alpha value is -5.99. The number of rotatable bonds is 12. The molecule has 2 heterocycles. The zero-order valence-electron chi connectivity index (χ0n) is 30.3. The first-order valence-corrected chi connectivity index (χ1v) is 19.8. The smallest absolute Gasteiger partial charge is 0.272 e. The molecule has 0 bridgehead atoms. The fourth-order valence-corrected chi connectivity index (χ4v) is 8.89. The summed E-state index contributed by atoms with van der Waals surface area (Å²) in [5.74, 6) is -1.07. The average Bonchev–Trinajstić information content (AvgIpc) is 3.56. The molecule has 1 aromatic heterocycles. The number of hydrogen-bond donors (Lipinski definition) is 3. The molecule has 7 rings (SSSR count). The van der Waals surface area contributed by atoms with Crippen LogP contribution in [0.15, 0.2) is 138 Å². The molecule has 0 radical (unpaired) electrons. The van der Waals surface area contributed by atoms with E-state index in [0.717, 1.165) is 57.7 Å². The fraction of sp³-hybridized carbons (Fsp3) is 0.156. The minimum Gasteiger partial charge on any atom is -0.321 e. The summed E-state index contributed by atoms with van der Waals surface area (Å²) in [6.45, 7) is 4.37. The molecule has 1 atom stereocenters. The van der Waals surface area contributed by atoms with Crippen molar-refractivity contribution in [3.63, 3.8) is 0 Å². The molecule has 1 aliphatic heterocycles. The molecule has 3 amide bonds. The zero-order valence-corrected chi connectivity index (χ0v) is 31.9. The van der Waals surface area contributed by atoms with E-state index in [1.54, 1.807) is 36.4 Å². The van der Waals surface area contributed by atoms with Gasteiger partial charge in [-0.3, -0.25) is 19.3 Å². The minimum atomic E-state index is -0.489. The van der Waals surface area contributed by atoms with Gasteiger partial charge in [0.1, 0.15) is 16.8 Å². The topological polar surface area (TPSA) is 114 Å². The molecule has 0 saturated heterocycles. The van der Waals surface area contributed by atoms with Gasteiger partial charge in [0.15, 0.2) is 0 Å². The Bertz CT molecular complexity index is 2420. The van der Waals surface area contributed by atoms with Crippen molar-refractivity contribution in [3.05, 3.63) is 166 Å². The number of anilines is 2. The van der Waals surface area contributed by atoms with Crippen molar-refractivity contribution in [3.8, 4) is 6.07 Å². The van der Waals surface area contributed by atoms with E-state index < -0.39 is 17.1 Å². The number of nitrogens with zero attached hydrogens (tertiary/aromatic N) is 2. The van der Waals surface area contributed by atoms with Crippen molar-refractivity contribution in [2.24, 2.45) is 0 Å². The van der Waals surface area contributed by atoms with Crippen LogP contribution in [0.3, 0.4) is 0 Å². The summed E-state index contributed by atoms with van der Waals surface area (Å²) < 4.78 is 0. The molecule has 0 aliphatic carbocycles. The predicted octanol–water partition coefficient (Wildman–Crippen LogP) is 9.25. The number of benzene rings is 5. The Labute approximate surface area is 328 Å². The Morgan fingerprint density at radius 1 is 0.891 bits per heavy atom. The zero-order chi connectivity index (χ0) is 38.1. The number of hydrogen-bond acceptors (Lipinski definition) is 7. The van der Waals surface area contributed by atoms with Gasteiger partial charge in [-0.1, -0.05) is 104 Å². The van der Waals surface area contributed by atoms with Gasteiger partial charge in [0.05, 0.1) is 10.8 Å². The average molecular weight is 762 g/mol. The number of carbonyl (C=O) groups is 3. The van der Waals surface area contributed by atoms with Crippen LogP contribution >= 0.6 is 23.1 Å². The summed E-state index contributed by atoms with van der Waals surface area (Å²) in [7, 11) is 0. The van der Waals surface area contributed by atoms with Crippen molar-refractivity contribution in [2.45, 2.75) is 43.0 Å². The van der Waals surface area contributed by atoms with Gasteiger partial charge in [-0.05, 0) is 76.7 Å². The van der Waals surface area contributed by atoms with E-state index in [1.807, 2.05) is 91.9 Å². The van der Waals surface area contributed by atoms with Gasteiger partial charge in [-0.15, -0.1) is 23.1 Å². The van der Waals surface area contributed by atoms with E-state index in [0.29, 0.717) is 28.2 Å². The lowest BCUT2D eigenvalue weighted by molar-refractivity contribution is -0.116. The highest BCUT2D eigenvalue weighted by atomic mass is 32.2. The molecule has 0 saturated carbocycles. The molecule has 3 N–H and O–H groups in total. The van der Waals surface area contributed by atoms with Crippen LogP contribution in [0.4, 0.5) is 10.7 Å². The molecule has 10 heteroatoms. The van der Waals surface area contributed by atoms with E-state index in [4.69, 9.17) is 0 Å². The third kappa shape index (κ3) is 9.04. The van der Waals surface area contributed by atoms with Gasteiger partial charge in [0.25, 0.3) is 11.8 Å². The standard InChI is InChI=1S/C45H39N5O3S2/c1-2-40(44(53)49-45-38(27-46)37-23-24-50(29-41(37)55-45)28-30-13-5-3-6-14-30)54-35-21-12-20-34(26-35)47-43(52)39(48-42(51)32-16-7-4-8-17-32)25-33-19-11-18-31-15-9-10-22-36(31)33/h3-22,25-26,40H,2,23-24,28-29H2,1H3,(H,47,52)(H,48,51)(H,49,53)/b39-25+. The molecule has 1 unspecified atom stereocenters. The van der Waals surface area contributed by atoms with E-state index in [9.17, 15) is 19.6 Å². The maximum Gasteiger partial charge on any atom is 0.272 e. The molecular weight excluding hydrogens is 723 g/mol. The van der Waals surface area contributed by atoms with Gasteiger partial charge in [0.2, 0.25) is 5.91 Å². The second-order valence-electron chi connectivity index (χ2n) is 13.2. The predicted molar refractivity (Wildman–Crippen MR) is 223 cm³/mol. The molecule has 1 aliphatic rings. The first-order chi connectivity index (χ1) is 26.9. The minimum absolute atomic E-state index is 0.0872. The van der Waals surface area contributed by atoms with Crippen molar-refractivity contribution in [1.82, 2.24) is 10.2 Å². The monoisotopic (exact) mass is 761 g/mol. The third-order valence-corrected chi connectivity index (χ3v) is 11.9. The molecular formula is C45H39N5O3S2. The van der Waals surface area contributed by atoms with E-state index in [1.165, 1.54) is 28.7 Å².